The molecule has 0 spiro atoms. The van der Waals surface area contributed by atoms with Crippen molar-refractivity contribution in [2.75, 3.05) is 18.5 Å². The van der Waals surface area contributed by atoms with Crippen LogP contribution < -0.4 is 5.32 Å². The first-order valence-corrected chi connectivity index (χ1v) is 7.39. The highest BCUT2D eigenvalue weighted by molar-refractivity contribution is 7.86. The number of rotatable bonds is 5. The van der Waals surface area contributed by atoms with Crippen molar-refractivity contribution in [3.63, 3.8) is 0 Å². The van der Waals surface area contributed by atoms with Crippen LogP contribution in [0, 0.1) is 0 Å². The van der Waals surface area contributed by atoms with Crippen LogP contribution in [0.5, 0.6) is 0 Å². The van der Waals surface area contributed by atoms with Gasteiger partial charge in [-0.25, -0.2) is 0 Å². The van der Waals surface area contributed by atoms with Crippen molar-refractivity contribution in [2.45, 2.75) is 11.0 Å². The second-order valence-electron chi connectivity index (χ2n) is 4.35. The molecular formula is C13H15NO5S. The highest BCUT2D eigenvalue weighted by Crippen LogP contribution is 2.29. The van der Waals surface area contributed by atoms with Crippen LogP contribution in [-0.2, 0) is 10.1 Å². The number of hydrogen-bond donors (Lipinski definition) is 4. The first-order valence-electron chi connectivity index (χ1n) is 5.95. The van der Waals surface area contributed by atoms with Crippen molar-refractivity contribution >= 4 is 26.6 Å². The van der Waals surface area contributed by atoms with Crippen LogP contribution in [0.25, 0.3) is 10.8 Å². The van der Waals surface area contributed by atoms with Crippen molar-refractivity contribution in [2.24, 2.45) is 0 Å². The number of aliphatic hydroxyl groups is 2. The minimum Gasteiger partial charge on any atom is -0.394 e. The van der Waals surface area contributed by atoms with E-state index in [9.17, 15) is 18.1 Å². The first-order chi connectivity index (χ1) is 9.43. The van der Waals surface area contributed by atoms with E-state index in [1.165, 1.54) is 12.1 Å². The Kier molecular flexibility index (Phi) is 4.24. The predicted molar refractivity (Wildman–Crippen MR) is 75.3 cm³/mol. The molecule has 0 saturated carbocycles. The molecule has 0 amide bonds. The third kappa shape index (κ3) is 3.07. The third-order valence-electron chi connectivity index (χ3n) is 2.88. The van der Waals surface area contributed by atoms with Gasteiger partial charge in [-0.15, -0.1) is 0 Å². The Hall–Kier alpha value is -1.67. The summed E-state index contributed by atoms with van der Waals surface area (Å²) in [7, 11) is -4.35. The summed E-state index contributed by atoms with van der Waals surface area (Å²) in [5, 5.41) is 22.0. The zero-order valence-corrected chi connectivity index (χ0v) is 11.3. The Morgan fingerprint density at radius 3 is 2.40 bits per heavy atom. The Morgan fingerprint density at radius 1 is 1.15 bits per heavy atom. The van der Waals surface area contributed by atoms with Gasteiger partial charge in [0.1, 0.15) is 4.90 Å². The van der Waals surface area contributed by atoms with E-state index in [2.05, 4.69) is 5.32 Å². The van der Waals surface area contributed by atoms with Gasteiger partial charge < -0.3 is 15.5 Å². The van der Waals surface area contributed by atoms with Crippen LogP contribution in [0.3, 0.4) is 0 Å². The molecule has 4 N–H and O–H groups in total. The van der Waals surface area contributed by atoms with Crippen molar-refractivity contribution in [1.29, 1.82) is 0 Å². The maximum Gasteiger partial charge on any atom is 0.295 e. The fourth-order valence-electron chi connectivity index (χ4n) is 1.96. The average molecular weight is 297 g/mol. The topological polar surface area (TPSA) is 107 Å². The molecule has 6 nitrogen and oxygen atoms in total. The van der Waals surface area contributed by atoms with E-state index in [4.69, 9.17) is 5.11 Å². The molecule has 0 aliphatic rings. The number of anilines is 1. The second kappa shape index (κ2) is 5.76. The summed E-state index contributed by atoms with van der Waals surface area (Å²) in [6.07, 6.45) is -0.955. The quantitative estimate of drug-likeness (QED) is 0.610. The van der Waals surface area contributed by atoms with Gasteiger partial charge >= 0.3 is 0 Å². The Balaban J connectivity index is 2.55. The molecule has 0 aromatic heterocycles. The lowest BCUT2D eigenvalue weighted by Crippen LogP contribution is -2.23. The molecule has 0 fully saturated rings. The molecule has 0 bridgehead atoms. The van der Waals surface area contributed by atoms with Crippen LogP contribution in [0.1, 0.15) is 0 Å². The van der Waals surface area contributed by atoms with E-state index in [0.717, 1.165) is 0 Å². The number of nitrogens with one attached hydrogen (secondary N) is 1. The summed E-state index contributed by atoms with van der Waals surface area (Å²) in [4.78, 5) is -0.198. The lowest BCUT2D eigenvalue weighted by Gasteiger charge is -2.14. The Bertz CT molecular complexity index is 709. The molecule has 0 saturated heterocycles. The molecule has 0 radical (unpaired) electrons. The molecular weight excluding hydrogens is 282 g/mol. The monoisotopic (exact) mass is 297 g/mol. The van der Waals surface area contributed by atoms with Crippen molar-refractivity contribution in [3.05, 3.63) is 36.4 Å². The molecule has 1 unspecified atom stereocenters. The van der Waals surface area contributed by atoms with Gasteiger partial charge in [0.25, 0.3) is 10.1 Å². The van der Waals surface area contributed by atoms with E-state index in [-0.39, 0.29) is 11.4 Å². The fourth-order valence-corrected chi connectivity index (χ4v) is 2.70. The maximum absolute atomic E-state index is 11.4. The summed E-state index contributed by atoms with van der Waals surface area (Å²) in [6, 6.07) is 9.66. The SMILES string of the molecule is O=S(=O)(O)c1cccc2cccc(NCC(O)CO)c12. The number of aliphatic hydroxyl groups excluding tert-OH is 2. The molecule has 20 heavy (non-hydrogen) atoms. The average Bonchev–Trinajstić information content (AvgIpc) is 2.42. The van der Waals surface area contributed by atoms with E-state index in [0.29, 0.717) is 16.5 Å². The third-order valence-corrected chi connectivity index (χ3v) is 3.78. The number of hydrogen-bond acceptors (Lipinski definition) is 5. The van der Waals surface area contributed by atoms with Crippen molar-refractivity contribution in [1.82, 2.24) is 0 Å². The van der Waals surface area contributed by atoms with E-state index in [1.807, 2.05) is 0 Å². The zero-order valence-electron chi connectivity index (χ0n) is 10.5. The largest absolute Gasteiger partial charge is 0.394 e. The van der Waals surface area contributed by atoms with Gasteiger partial charge in [0.2, 0.25) is 0 Å². The van der Waals surface area contributed by atoms with Gasteiger partial charge in [-0.05, 0) is 17.5 Å². The molecule has 0 aliphatic heterocycles. The van der Waals surface area contributed by atoms with Gasteiger partial charge in [-0.1, -0.05) is 24.3 Å². The lowest BCUT2D eigenvalue weighted by molar-refractivity contribution is 0.105. The molecule has 108 valence electrons. The van der Waals surface area contributed by atoms with Gasteiger partial charge in [0, 0.05) is 17.6 Å². The van der Waals surface area contributed by atoms with Crippen molar-refractivity contribution < 1.29 is 23.2 Å². The molecule has 2 rings (SSSR count). The normalized spacial score (nSPS) is 13.3. The molecule has 1 atom stereocenters. The van der Waals surface area contributed by atoms with Gasteiger partial charge in [-0.2, -0.15) is 8.42 Å². The summed E-state index contributed by atoms with van der Waals surface area (Å²) in [6.45, 7) is -0.335. The molecule has 2 aromatic rings. The highest BCUT2D eigenvalue weighted by Gasteiger charge is 2.16. The molecule has 0 aliphatic carbocycles. The number of fused-ring (bicyclic) bond motifs is 1. The summed E-state index contributed by atoms with van der Waals surface area (Å²) >= 11 is 0. The standard InChI is InChI=1S/C13H15NO5S/c15-8-10(16)7-14-11-5-1-3-9-4-2-6-12(13(9)11)20(17,18)19/h1-6,10,14-16H,7-8H2,(H,17,18,19). The van der Waals surface area contributed by atoms with Crippen molar-refractivity contribution in [3.8, 4) is 0 Å². The second-order valence-corrected chi connectivity index (χ2v) is 5.74. The van der Waals surface area contributed by atoms with Gasteiger partial charge in [0.15, 0.2) is 0 Å². The van der Waals surface area contributed by atoms with Gasteiger partial charge in [0.05, 0.1) is 12.7 Å². The zero-order chi connectivity index (χ0) is 14.8. The van der Waals surface area contributed by atoms with Crippen LogP contribution in [0.15, 0.2) is 41.3 Å². The summed E-state index contributed by atoms with van der Waals surface area (Å²) < 4.78 is 32.2. The minimum absolute atomic E-state index is 0.0649. The summed E-state index contributed by atoms with van der Waals surface area (Å²) in [5.41, 5.74) is 0.461. The fraction of sp³-hybridized carbons (Fsp3) is 0.231. The molecule has 0 heterocycles. The Morgan fingerprint density at radius 2 is 1.80 bits per heavy atom. The first kappa shape index (κ1) is 14.7. The van der Waals surface area contributed by atoms with Crippen LogP contribution in [0.4, 0.5) is 5.69 Å². The van der Waals surface area contributed by atoms with Gasteiger partial charge in [-0.3, -0.25) is 4.55 Å². The number of benzene rings is 2. The van der Waals surface area contributed by atoms with Crippen LogP contribution >= 0.6 is 0 Å². The van der Waals surface area contributed by atoms with Crippen LogP contribution in [-0.4, -0.2) is 42.4 Å². The van der Waals surface area contributed by atoms with Crippen LogP contribution in [0.2, 0.25) is 0 Å². The smallest absolute Gasteiger partial charge is 0.295 e. The lowest BCUT2D eigenvalue weighted by atomic mass is 10.1. The summed E-state index contributed by atoms with van der Waals surface area (Å²) in [5.74, 6) is 0. The van der Waals surface area contributed by atoms with E-state index in [1.54, 1.807) is 24.3 Å². The highest BCUT2D eigenvalue weighted by atomic mass is 32.2. The maximum atomic E-state index is 11.4. The molecule has 7 heteroatoms. The Labute approximate surface area is 116 Å². The van der Waals surface area contributed by atoms with E-state index < -0.39 is 22.8 Å². The molecule has 2 aromatic carbocycles. The predicted octanol–water partition coefficient (Wildman–Crippen LogP) is 0.852. The minimum atomic E-state index is -4.35. The van der Waals surface area contributed by atoms with E-state index >= 15 is 0 Å².